The van der Waals surface area contributed by atoms with Crippen molar-refractivity contribution < 1.29 is 64.9 Å². The van der Waals surface area contributed by atoms with Crippen LogP contribution in [0.1, 0.15) is 54.4 Å². The standard InChI is InChI=1S/2C7H12O4.Zr/c2*1-5(2)10-11-7(9)4-6(3)8;/h2*5H,4H2,1-3H3;. The molecule has 0 aromatic carbocycles. The first-order valence-corrected chi connectivity index (χ1v) is 6.75. The van der Waals surface area contributed by atoms with Crippen molar-refractivity contribution in [3.05, 3.63) is 0 Å². The number of Topliss-reactive ketones (excluding diaryl/α,β-unsaturated/α-hetero) is 2. The largest absolute Gasteiger partial charge is 0.349 e. The van der Waals surface area contributed by atoms with Crippen molar-refractivity contribution in [2.24, 2.45) is 0 Å². The summed E-state index contributed by atoms with van der Waals surface area (Å²) in [6.07, 6.45) is -0.809. The summed E-state index contributed by atoms with van der Waals surface area (Å²) in [6, 6.07) is 0. The van der Waals surface area contributed by atoms with E-state index in [4.69, 9.17) is 0 Å². The molecule has 0 aliphatic carbocycles. The predicted molar refractivity (Wildman–Crippen MR) is 75.2 cm³/mol. The minimum atomic E-state index is -0.647. The molecule has 0 fully saturated rings. The molecule has 0 aliphatic heterocycles. The molecule has 0 radical (unpaired) electrons. The Kier molecular flexibility index (Phi) is 18.7. The molecular weight excluding hydrogens is 387 g/mol. The molecule has 0 unspecified atom stereocenters. The molecule has 0 spiro atoms. The first-order chi connectivity index (χ1) is 10.0. The van der Waals surface area contributed by atoms with Gasteiger partial charge in [-0.3, -0.25) is 19.4 Å². The number of hydrogen-bond acceptors (Lipinski definition) is 8. The third kappa shape index (κ3) is 26.3. The van der Waals surface area contributed by atoms with Gasteiger partial charge in [0.05, 0.1) is 12.2 Å². The van der Waals surface area contributed by atoms with Gasteiger partial charge in [-0.1, -0.05) is 0 Å². The molecule has 8 nitrogen and oxygen atoms in total. The van der Waals surface area contributed by atoms with Crippen molar-refractivity contribution >= 4 is 23.5 Å². The second kappa shape index (κ2) is 16.0. The van der Waals surface area contributed by atoms with Crippen molar-refractivity contribution in [1.82, 2.24) is 0 Å². The van der Waals surface area contributed by atoms with E-state index in [0.29, 0.717) is 0 Å². The fourth-order valence-electron chi connectivity index (χ4n) is 0.765. The Morgan fingerprint density at radius 2 is 0.957 bits per heavy atom. The van der Waals surface area contributed by atoms with Gasteiger partial charge < -0.3 is 0 Å². The van der Waals surface area contributed by atoms with Gasteiger partial charge in [0.25, 0.3) is 0 Å². The van der Waals surface area contributed by atoms with Crippen molar-refractivity contribution in [1.29, 1.82) is 0 Å². The van der Waals surface area contributed by atoms with E-state index in [1.807, 2.05) is 0 Å². The van der Waals surface area contributed by atoms with E-state index in [1.165, 1.54) is 13.8 Å². The van der Waals surface area contributed by atoms with Crippen LogP contribution in [0.2, 0.25) is 0 Å². The van der Waals surface area contributed by atoms with Gasteiger partial charge in [-0.15, -0.1) is 0 Å². The Morgan fingerprint density at radius 1 is 0.696 bits per heavy atom. The Labute approximate surface area is 155 Å². The second-order valence-electron chi connectivity index (χ2n) is 4.96. The van der Waals surface area contributed by atoms with E-state index < -0.39 is 11.9 Å². The normalized spacial score (nSPS) is 9.39. The van der Waals surface area contributed by atoms with Crippen LogP contribution in [0, 0.1) is 0 Å². The maximum Gasteiger partial charge on any atom is 0.349 e. The molecule has 0 aliphatic rings. The Hall–Kier alpha value is -0.917. The number of carbonyl (C=O) groups excluding carboxylic acids is 4. The maximum atomic E-state index is 10.6. The maximum absolute atomic E-state index is 10.6. The van der Waals surface area contributed by atoms with Gasteiger partial charge in [0.2, 0.25) is 0 Å². The van der Waals surface area contributed by atoms with Gasteiger partial charge in [-0.25, -0.2) is 9.59 Å². The molecule has 0 saturated heterocycles. The van der Waals surface area contributed by atoms with Crippen LogP contribution in [-0.2, 0) is 64.9 Å². The van der Waals surface area contributed by atoms with E-state index in [1.54, 1.807) is 27.7 Å². The quantitative estimate of drug-likeness (QED) is 0.338. The van der Waals surface area contributed by atoms with Gasteiger partial charge in [0.15, 0.2) is 0 Å². The van der Waals surface area contributed by atoms with Crippen molar-refractivity contribution in [2.75, 3.05) is 0 Å². The topological polar surface area (TPSA) is 105 Å². The average molecular weight is 412 g/mol. The zero-order valence-electron chi connectivity index (χ0n) is 14.3. The van der Waals surface area contributed by atoms with E-state index in [2.05, 4.69) is 19.6 Å². The smallest absolute Gasteiger partial charge is 0.299 e. The molecule has 0 heterocycles. The summed E-state index contributed by atoms with van der Waals surface area (Å²) in [7, 11) is 0. The molecule has 0 N–H and O–H groups in total. The number of rotatable bonds is 8. The Balaban J connectivity index is -0.000000333. The van der Waals surface area contributed by atoms with Crippen LogP contribution in [0.3, 0.4) is 0 Å². The third-order valence-electron chi connectivity index (χ3n) is 1.45. The fraction of sp³-hybridized carbons (Fsp3) is 0.714. The molecule has 0 aromatic rings. The number of ketones is 2. The molecule has 0 saturated carbocycles. The molecule has 23 heavy (non-hydrogen) atoms. The first-order valence-electron chi connectivity index (χ1n) is 6.75. The predicted octanol–water partition coefficient (Wildman–Crippen LogP) is 1.69. The molecule has 9 heteroatoms. The van der Waals surface area contributed by atoms with Crippen LogP contribution in [0.4, 0.5) is 0 Å². The van der Waals surface area contributed by atoms with Crippen LogP contribution in [0.15, 0.2) is 0 Å². The summed E-state index contributed by atoms with van der Waals surface area (Å²) in [5, 5.41) is 0. The summed E-state index contributed by atoms with van der Waals surface area (Å²) in [4.78, 5) is 59.4. The van der Waals surface area contributed by atoms with Gasteiger partial charge in [-0.2, -0.15) is 9.78 Å². The molecule has 132 valence electrons. The molecule has 0 atom stereocenters. The van der Waals surface area contributed by atoms with E-state index in [0.717, 1.165) is 0 Å². The van der Waals surface area contributed by atoms with Gasteiger partial charge >= 0.3 is 11.9 Å². The number of carbonyl (C=O) groups is 4. The SMILES string of the molecule is CC(=O)CC(=O)OOC(C)C.CC(=O)CC(=O)OOC(C)C.[Zr]. The summed E-state index contributed by atoms with van der Waals surface area (Å²) < 4.78 is 0. The first kappa shape index (κ1) is 27.0. The minimum absolute atomic E-state index is 0. The van der Waals surface area contributed by atoms with E-state index in [-0.39, 0.29) is 62.8 Å². The Morgan fingerprint density at radius 3 is 1.13 bits per heavy atom. The van der Waals surface area contributed by atoms with Crippen LogP contribution < -0.4 is 0 Å². The molecular formula is C14H24O8Zr. The third-order valence-corrected chi connectivity index (χ3v) is 1.45. The van der Waals surface area contributed by atoms with Gasteiger partial charge in [0.1, 0.15) is 24.4 Å². The van der Waals surface area contributed by atoms with Crippen molar-refractivity contribution in [3.8, 4) is 0 Å². The summed E-state index contributed by atoms with van der Waals surface area (Å²) in [6.45, 7) is 9.53. The molecule has 0 aromatic heterocycles. The summed E-state index contributed by atoms with van der Waals surface area (Å²) in [5.74, 6) is -1.76. The summed E-state index contributed by atoms with van der Waals surface area (Å²) >= 11 is 0. The van der Waals surface area contributed by atoms with Crippen LogP contribution >= 0.6 is 0 Å². The van der Waals surface area contributed by atoms with Crippen molar-refractivity contribution in [3.63, 3.8) is 0 Å². The molecule has 0 rings (SSSR count). The van der Waals surface area contributed by atoms with Gasteiger partial charge in [-0.05, 0) is 41.5 Å². The zero-order valence-corrected chi connectivity index (χ0v) is 16.8. The monoisotopic (exact) mass is 410 g/mol. The molecule has 0 amide bonds. The zero-order chi connectivity index (χ0) is 17.7. The Bertz CT molecular complexity index is 343. The minimum Gasteiger partial charge on any atom is -0.299 e. The van der Waals surface area contributed by atoms with Crippen LogP contribution in [0.25, 0.3) is 0 Å². The van der Waals surface area contributed by atoms with Gasteiger partial charge in [0, 0.05) is 26.2 Å². The number of hydrogen-bond donors (Lipinski definition) is 0. The van der Waals surface area contributed by atoms with E-state index >= 15 is 0 Å². The van der Waals surface area contributed by atoms with Crippen LogP contribution in [0.5, 0.6) is 0 Å². The van der Waals surface area contributed by atoms with E-state index in [9.17, 15) is 19.2 Å². The fourth-order valence-corrected chi connectivity index (χ4v) is 0.765. The summed E-state index contributed by atoms with van der Waals surface area (Å²) in [5.41, 5.74) is 0. The second-order valence-corrected chi connectivity index (χ2v) is 4.96. The van der Waals surface area contributed by atoms with Crippen LogP contribution in [-0.4, -0.2) is 35.7 Å². The van der Waals surface area contributed by atoms with Crippen molar-refractivity contribution in [2.45, 2.75) is 66.6 Å². The average Bonchev–Trinajstić information content (AvgIpc) is 2.33. The molecule has 0 bridgehead atoms.